The van der Waals surface area contributed by atoms with Gasteiger partial charge in [0.1, 0.15) is 0 Å². The summed E-state index contributed by atoms with van der Waals surface area (Å²) in [6.07, 6.45) is 8.50. The summed E-state index contributed by atoms with van der Waals surface area (Å²) >= 11 is 0. The molecule has 0 aliphatic carbocycles. The van der Waals surface area contributed by atoms with E-state index in [1.165, 1.54) is 17.6 Å². The molecule has 0 aromatic carbocycles. The van der Waals surface area contributed by atoms with Crippen molar-refractivity contribution in [3.8, 4) is 0 Å². The Morgan fingerprint density at radius 3 is 2.93 bits per heavy atom. The van der Waals surface area contributed by atoms with Crippen LogP contribution in [0.4, 0.5) is 0 Å². The van der Waals surface area contributed by atoms with E-state index >= 15 is 0 Å². The van der Waals surface area contributed by atoms with Crippen molar-refractivity contribution >= 4 is 5.57 Å². The molecule has 1 rings (SSSR count). The van der Waals surface area contributed by atoms with Crippen LogP contribution < -0.4 is 5.32 Å². The smallest absolute Gasteiger partial charge is 0.0564 e. The summed E-state index contributed by atoms with van der Waals surface area (Å²) < 4.78 is 1.84. The van der Waals surface area contributed by atoms with Crippen LogP contribution in [-0.2, 0) is 7.05 Å². The van der Waals surface area contributed by atoms with Crippen molar-refractivity contribution in [2.24, 2.45) is 7.05 Å². The number of rotatable bonds is 6. The van der Waals surface area contributed by atoms with Crippen LogP contribution in [0.15, 0.2) is 18.5 Å². The van der Waals surface area contributed by atoms with Crippen molar-refractivity contribution in [1.29, 1.82) is 0 Å². The topological polar surface area (TPSA) is 29.9 Å². The summed E-state index contributed by atoms with van der Waals surface area (Å²) in [5.41, 5.74) is 2.52. The number of aromatic nitrogens is 2. The van der Waals surface area contributed by atoms with Gasteiger partial charge in [-0.25, -0.2) is 0 Å². The van der Waals surface area contributed by atoms with Crippen LogP contribution in [0.5, 0.6) is 0 Å². The third-order valence-corrected chi connectivity index (χ3v) is 2.36. The number of hydrogen-bond donors (Lipinski definition) is 1. The highest BCUT2D eigenvalue weighted by Gasteiger charge is 1.97. The van der Waals surface area contributed by atoms with Crippen molar-refractivity contribution in [3.63, 3.8) is 0 Å². The van der Waals surface area contributed by atoms with Gasteiger partial charge in [-0.1, -0.05) is 13.0 Å². The van der Waals surface area contributed by atoms with E-state index in [2.05, 4.69) is 30.3 Å². The second-order valence-electron chi connectivity index (χ2n) is 3.83. The molecule has 0 amide bonds. The number of aryl methyl sites for hydroxylation is 1. The first-order chi connectivity index (χ1) is 7.24. The van der Waals surface area contributed by atoms with E-state index in [0.29, 0.717) is 0 Å². The maximum absolute atomic E-state index is 4.16. The standard InChI is InChI=1S/C12H21N3/c1-4-7-13-8-5-6-11(2)12-9-14-15(3)10-12/h6,9-10,13H,4-5,7-8H2,1-3H3. The molecule has 1 N–H and O–H groups in total. The van der Waals surface area contributed by atoms with Gasteiger partial charge < -0.3 is 5.32 Å². The van der Waals surface area contributed by atoms with Crippen LogP contribution in [0.3, 0.4) is 0 Å². The van der Waals surface area contributed by atoms with Gasteiger partial charge in [-0.3, -0.25) is 4.68 Å². The SMILES string of the molecule is CCCNCCC=C(C)c1cnn(C)c1. The second kappa shape index (κ2) is 6.40. The monoisotopic (exact) mass is 207 g/mol. The molecule has 0 spiro atoms. The Balaban J connectivity index is 2.33. The van der Waals surface area contributed by atoms with Crippen LogP contribution in [-0.4, -0.2) is 22.9 Å². The third kappa shape index (κ3) is 4.30. The van der Waals surface area contributed by atoms with Gasteiger partial charge in [0.2, 0.25) is 0 Å². The van der Waals surface area contributed by atoms with Gasteiger partial charge in [0, 0.05) is 18.8 Å². The molecule has 0 fully saturated rings. The molecule has 0 aliphatic rings. The Hall–Kier alpha value is -1.09. The maximum atomic E-state index is 4.16. The van der Waals surface area contributed by atoms with E-state index in [1.807, 2.05) is 24.1 Å². The number of nitrogens with zero attached hydrogens (tertiary/aromatic N) is 2. The highest BCUT2D eigenvalue weighted by Crippen LogP contribution is 2.12. The van der Waals surface area contributed by atoms with Gasteiger partial charge in [-0.15, -0.1) is 0 Å². The largest absolute Gasteiger partial charge is 0.316 e. The Bertz CT molecular complexity index is 312. The summed E-state index contributed by atoms with van der Waals surface area (Å²) in [5, 5.41) is 7.54. The molecule has 84 valence electrons. The molecule has 15 heavy (non-hydrogen) atoms. The first kappa shape index (κ1) is 12.0. The molecule has 0 radical (unpaired) electrons. The van der Waals surface area contributed by atoms with Crippen LogP contribution in [0.1, 0.15) is 32.3 Å². The normalized spacial score (nSPS) is 12.1. The van der Waals surface area contributed by atoms with Crippen molar-refractivity contribution < 1.29 is 0 Å². The zero-order chi connectivity index (χ0) is 11.1. The van der Waals surface area contributed by atoms with Crippen LogP contribution >= 0.6 is 0 Å². The lowest BCUT2D eigenvalue weighted by molar-refractivity contribution is 0.678. The summed E-state index contributed by atoms with van der Waals surface area (Å²) in [6.45, 7) is 6.49. The highest BCUT2D eigenvalue weighted by atomic mass is 15.2. The molecule has 0 saturated heterocycles. The molecule has 1 aromatic heterocycles. The van der Waals surface area contributed by atoms with Gasteiger partial charge in [0.25, 0.3) is 0 Å². The molecule has 0 atom stereocenters. The van der Waals surface area contributed by atoms with Crippen LogP contribution in [0.25, 0.3) is 5.57 Å². The molecular weight excluding hydrogens is 186 g/mol. The first-order valence-electron chi connectivity index (χ1n) is 5.60. The zero-order valence-electron chi connectivity index (χ0n) is 9.95. The van der Waals surface area contributed by atoms with Gasteiger partial charge >= 0.3 is 0 Å². The van der Waals surface area contributed by atoms with Crippen LogP contribution in [0, 0.1) is 0 Å². The quantitative estimate of drug-likeness (QED) is 0.725. The van der Waals surface area contributed by atoms with E-state index in [9.17, 15) is 0 Å². The fourth-order valence-electron chi connectivity index (χ4n) is 1.44. The molecule has 0 unspecified atom stereocenters. The minimum atomic E-state index is 1.06. The highest BCUT2D eigenvalue weighted by molar-refractivity contribution is 5.62. The van der Waals surface area contributed by atoms with Gasteiger partial charge in [0.15, 0.2) is 0 Å². The van der Waals surface area contributed by atoms with Crippen molar-refractivity contribution in [2.75, 3.05) is 13.1 Å². The Morgan fingerprint density at radius 2 is 2.33 bits per heavy atom. The van der Waals surface area contributed by atoms with E-state index in [4.69, 9.17) is 0 Å². The number of allylic oxidation sites excluding steroid dienone is 1. The van der Waals surface area contributed by atoms with Crippen LogP contribution in [0.2, 0.25) is 0 Å². The average Bonchev–Trinajstić information content (AvgIpc) is 2.64. The number of hydrogen-bond acceptors (Lipinski definition) is 2. The molecule has 3 heteroatoms. The van der Waals surface area contributed by atoms with E-state index in [0.717, 1.165) is 19.5 Å². The predicted octanol–water partition coefficient (Wildman–Crippen LogP) is 2.21. The van der Waals surface area contributed by atoms with E-state index in [-0.39, 0.29) is 0 Å². The lowest BCUT2D eigenvalue weighted by Gasteiger charge is -2.00. The Kier molecular flexibility index (Phi) is 5.12. The van der Waals surface area contributed by atoms with Gasteiger partial charge in [-0.05, 0) is 38.4 Å². The average molecular weight is 207 g/mol. The maximum Gasteiger partial charge on any atom is 0.0564 e. The fourth-order valence-corrected chi connectivity index (χ4v) is 1.44. The number of nitrogens with one attached hydrogen (secondary N) is 1. The summed E-state index contributed by atoms with van der Waals surface area (Å²) in [4.78, 5) is 0. The first-order valence-corrected chi connectivity index (χ1v) is 5.60. The van der Waals surface area contributed by atoms with Crippen molar-refractivity contribution in [1.82, 2.24) is 15.1 Å². The summed E-state index contributed by atoms with van der Waals surface area (Å²) in [5.74, 6) is 0. The fraction of sp³-hybridized carbons (Fsp3) is 0.583. The molecule has 1 aromatic rings. The molecule has 0 saturated carbocycles. The summed E-state index contributed by atoms with van der Waals surface area (Å²) in [7, 11) is 1.94. The van der Waals surface area contributed by atoms with Gasteiger partial charge in [0.05, 0.1) is 6.20 Å². The van der Waals surface area contributed by atoms with E-state index < -0.39 is 0 Å². The molecular formula is C12H21N3. The molecule has 0 aliphatic heterocycles. The third-order valence-electron chi connectivity index (χ3n) is 2.36. The minimum Gasteiger partial charge on any atom is -0.316 e. The Morgan fingerprint density at radius 1 is 1.53 bits per heavy atom. The van der Waals surface area contributed by atoms with E-state index in [1.54, 1.807) is 0 Å². The van der Waals surface area contributed by atoms with Gasteiger partial charge in [-0.2, -0.15) is 5.10 Å². The summed E-state index contributed by atoms with van der Waals surface area (Å²) in [6, 6.07) is 0. The molecule has 1 heterocycles. The molecule has 0 bridgehead atoms. The lowest BCUT2D eigenvalue weighted by Crippen LogP contribution is -2.15. The van der Waals surface area contributed by atoms with Crippen molar-refractivity contribution in [2.45, 2.75) is 26.7 Å². The Labute approximate surface area is 92.2 Å². The van der Waals surface area contributed by atoms with Crippen molar-refractivity contribution in [3.05, 3.63) is 24.0 Å². The lowest BCUT2D eigenvalue weighted by atomic mass is 10.1. The second-order valence-corrected chi connectivity index (χ2v) is 3.83. The molecule has 3 nitrogen and oxygen atoms in total. The predicted molar refractivity (Wildman–Crippen MR) is 64.6 cm³/mol. The zero-order valence-corrected chi connectivity index (χ0v) is 9.95. The minimum absolute atomic E-state index is 1.06.